The number of carbonyl (C=O) groups excluding carboxylic acids is 3. The van der Waals surface area contributed by atoms with E-state index in [1.165, 1.54) is 10.7 Å². The van der Waals surface area contributed by atoms with E-state index in [0.717, 1.165) is 43.5 Å². The molecule has 2 N–H and O–H groups in total. The molecule has 47 heavy (non-hydrogen) atoms. The van der Waals surface area contributed by atoms with Gasteiger partial charge in [-0.1, -0.05) is 35.9 Å². The lowest BCUT2D eigenvalue weighted by atomic mass is 9.86. The molecule has 3 unspecified atom stereocenters. The van der Waals surface area contributed by atoms with Crippen LogP contribution in [-0.4, -0.2) is 76.6 Å². The van der Waals surface area contributed by atoms with E-state index in [1.807, 2.05) is 35.2 Å². The summed E-state index contributed by atoms with van der Waals surface area (Å²) < 4.78 is 16.2. The maximum atomic E-state index is 15.0. The second-order valence-electron chi connectivity index (χ2n) is 13.2. The van der Waals surface area contributed by atoms with Gasteiger partial charge in [-0.2, -0.15) is 5.10 Å². The van der Waals surface area contributed by atoms with E-state index in [2.05, 4.69) is 27.7 Å². The van der Waals surface area contributed by atoms with Gasteiger partial charge in [-0.3, -0.25) is 24.5 Å². The van der Waals surface area contributed by atoms with Crippen molar-refractivity contribution in [2.24, 2.45) is 13.0 Å². The molecule has 248 valence electrons. The lowest BCUT2D eigenvalue weighted by Crippen LogP contribution is -2.43. The third-order valence-corrected chi connectivity index (χ3v) is 10.2. The number of rotatable bonds is 7. The molecule has 3 aromatic rings. The molecule has 0 saturated carbocycles. The monoisotopic (exact) mass is 662 g/mol. The Morgan fingerprint density at radius 3 is 2.49 bits per heavy atom. The number of nitrogens with one attached hydrogen (secondary N) is 2. The Morgan fingerprint density at radius 2 is 1.79 bits per heavy atom. The van der Waals surface area contributed by atoms with Crippen LogP contribution < -0.4 is 16.2 Å². The first-order chi connectivity index (χ1) is 22.5. The zero-order valence-electron chi connectivity index (χ0n) is 26.7. The minimum absolute atomic E-state index is 0.0164. The van der Waals surface area contributed by atoms with Crippen LogP contribution in [0.3, 0.4) is 0 Å². The molecule has 0 bridgehead atoms. The number of imide groups is 1. The minimum Gasteiger partial charge on any atom is -0.378 e. The third kappa shape index (κ3) is 7.41. The predicted molar refractivity (Wildman–Crippen MR) is 177 cm³/mol. The molecule has 3 aliphatic heterocycles. The van der Waals surface area contributed by atoms with Gasteiger partial charge in [-0.05, 0) is 80.3 Å². The number of hydrogen-bond acceptors (Lipinski definition) is 7. The number of nitrogens with zero attached hydrogens (tertiary/aromatic N) is 4. The first kappa shape index (κ1) is 32.8. The van der Waals surface area contributed by atoms with Crippen LogP contribution in [0.5, 0.6) is 0 Å². The normalized spacial score (nSPS) is 22.6. The van der Waals surface area contributed by atoms with E-state index in [9.17, 15) is 23.6 Å². The molecule has 12 heteroatoms. The van der Waals surface area contributed by atoms with Crippen molar-refractivity contribution in [3.63, 3.8) is 0 Å². The fourth-order valence-electron chi connectivity index (χ4n) is 7.22. The average Bonchev–Trinajstić information content (AvgIpc) is 3.05. The van der Waals surface area contributed by atoms with Crippen molar-refractivity contribution < 1.29 is 18.8 Å². The summed E-state index contributed by atoms with van der Waals surface area (Å²) in [6.45, 7) is 2.97. The molecule has 3 aliphatic rings. The predicted octanol–water partition coefficient (Wildman–Crippen LogP) is 4.09. The molecule has 6 rings (SSSR count). The Hall–Kier alpha value is -4.09. The van der Waals surface area contributed by atoms with Crippen LogP contribution in [-0.2, 0) is 23.1 Å². The topological polar surface area (TPSA) is 117 Å². The number of likely N-dealkylation sites (N-methyl/N-ethyl adjacent to an activating group) is 1. The molecule has 1 aromatic heterocycles. The molecule has 0 aliphatic carbocycles. The standard InChI is InChI=1S/C35H40ClFN6O4/c1-41-19-25(17-26(20-41)39-30-18-38-42(2)35(47)32(30)36)23-4-6-24(7-5-23)34(46)43-13-11-21(12-14-43)15-22-3-8-27(29(37)16-22)28-9-10-31(44)40-33(28)45/h3-8,16,18,21,25-26,28,39H,9-15,17,19-20H2,1-2H3,(H,40,44,45). The van der Waals surface area contributed by atoms with Crippen LogP contribution >= 0.6 is 11.6 Å². The van der Waals surface area contributed by atoms with Crippen molar-refractivity contribution in [2.45, 2.75) is 56.4 Å². The van der Waals surface area contributed by atoms with Crippen LogP contribution in [0.1, 0.15) is 71.0 Å². The lowest BCUT2D eigenvalue weighted by molar-refractivity contribution is -0.134. The zero-order chi connectivity index (χ0) is 33.2. The number of halogens is 2. The maximum Gasteiger partial charge on any atom is 0.287 e. The molecule has 4 heterocycles. The van der Waals surface area contributed by atoms with E-state index < -0.39 is 17.6 Å². The maximum absolute atomic E-state index is 15.0. The van der Waals surface area contributed by atoms with E-state index in [-0.39, 0.29) is 40.8 Å². The molecular weight excluding hydrogens is 623 g/mol. The van der Waals surface area contributed by atoms with Gasteiger partial charge in [-0.15, -0.1) is 0 Å². The second-order valence-corrected chi connectivity index (χ2v) is 13.6. The quantitative estimate of drug-likeness (QED) is 0.366. The van der Waals surface area contributed by atoms with Crippen LogP contribution in [0.2, 0.25) is 5.02 Å². The van der Waals surface area contributed by atoms with E-state index in [1.54, 1.807) is 19.3 Å². The lowest BCUT2D eigenvalue weighted by Gasteiger charge is -2.37. The summed E-state index contributed by atoms with van der Waals surface area (Å²) in [5, 5.41) is 9.93. The van der Waals surface area contributed by atoms with Gasteiger partial charge < -0.3 is 15.1 Å². The number of anilines is 1. The summed E-state index contributed by atoms with van der Waals surface area (Å²) in [5.41, 5.74) is 3.22. The fraction of sp³-hybridized carbons (Fsp3) is 0.457. The highest BCUT2D eigenvalue weighted by molar-refractivity contribution is 6.32. The number of likely N-dealkylation sites (tertiary alicyclic amines) is 2. The SMILES string of the molecule is CN1CC(Nc2cnn(C)c(=O)c2Cl)CC(c2ccc(C(=O)N3CCC(Cc4ccc(C5CCC(=O)NC5=O)c(F)c4)CC3)cc2)C1. The molecule has 3 saturated heterocycles. The van der Waals surface area contributed by atoms with Crippen molar-refractivity contribution >= 4 is 35.0 Å². The van der Waals surface area contributed by atoms with E-state index >= 15 is 0 Å². The van der Waals surface area contributed by atoms with Gasteiger partial charge in [0.05, 0.1) is 17.8 Å². The van der Waals surface area contributed by atoms with E-state index in [0.29, 0.717) is 48.7 Å². The molecule has 10 nitrogen and oxygen atoms in total. The molecule has 0 radical (unpaired) electrons. The number of piperidine rings is 3. The summed E-state index contributed by atoms with van der Waals surface area (Å²) in [4.78, 5) is 53.4. The molecular formula is C35H40ClFN6O4. The summed E-state index contributed by atoms with van der Waals surface area (Å²) in [7, 11) is 3.64. The molecule has 0 spiro atoms. The van der Waals surface area contributed by atoms with Crippen LogP contribution in [0.4, 0.5) is 10.1 Å². The van der Waals surface area contributed by atoms with Gasteiger partial charge in [0, 0.05) is 56.8 Å². The number of carbonyl (C=O) groups is 3. The molecule has 3 fully saturated rings. The molecule has 3 atom stereocenters. The van der Waals surface area contributed by atoms with Crippen LogP contribution in [0.15, 0.2) is 53.5 Å². The highest BCUT2D eigenvalue weighted by atomic mass is 35.5. The summed E-state index contributed by atoms with van der Waals surface area (Å²) in [6, 6.07) is 13.0. The van der Waals surface area contributed by atoms with Crippen molar-refractivity contribution in [1.29, 1.82) is 0 Å². The summed E-state index contributed by atoms with van der Waals surface area (Å²) >= 11 is 6.29. The highest BCUT2D eigenvalue weighted by Crippen LogP contribution is 2.31. The first-order valence-corrected chi connectivity index (χ1v) is 16.6. The number of benzene rings is 2. The van der Waals surface area contributed by atoms with E-state index in [4.69, 9.17) is 11.6 Å². The van der Waals surface area contributed by atoms with Gasteiger partial charge in [0.15, 0.2) is 0 Å². The van der Waals surface area contributed by atoms with Crippen molar-refractivity contribution in [2.75, 3.05) is 38.5 Å². The van der Waals surface area contributed by atoms with Gasteiger partial charge in [0.2, 0.25) is 11.8 Å². The Bertz CT molecular complexity index is 1720. The van der Waals surface area contributed by atoms with Gasteiger partial charge in [-0.25, -0.2) is 9.07 Å². The number of aryl methyl sites for hydroxylation is 1. The van der Waals surface area contributed by atoms with Gasteiger partial charge in [0.25, 0.3) is 11.5 Å². The van der Waals surface area contributed by atoms with Gasteiger partial charge in [0.1, 0.15) is 10.8 Å². The smallest absolute Gasteiger partial charge is 0.287 e. The third-order valence-electron chi connectivity index (χ3n) is 9.81. The summed E-state index contributed by atoms with van der Waals surface area (Å²) in [6.07, 6.45) is 5.33. The molecule has 3 amide bonds. The highest BCUT2D eigenvalue weighted by Gasteiger charge is 2.31. The number of aromatic nitrogens is 2. The Balaban J connectivity index is 1.01. The number of amides is 3. The minimum atomic E-state index is -0.641. The Kier molecular flexibility index (Phi) is 9.75. The van der Waals surface area contributed by atoms with Crippen molar-refractivity contribution in [3.8, 4) is 0 Å². The largest absolute Gasteiger partial charge is 0.378 e. The summed E-state index contributed by atoms with van der Waals surface area (Å²) in [5.74, 6) is -1.22. The second kappa shape index (κ2) is 13.9. The Morgan fingerprint density at radius 1 is 1.04 bits per heavy atom. The van der Waals surface area contributed by atoms with Crippen LogP contribution in [0, 0.1) is 11.7 Å². The van der Waals surface area contributed by atoms with Crippen molar-refractivity contribution in [1.82, 2.24) is 24.9 Å². The molecule has 2 aromatic carbocycles. The Labute approximate surface area is 278 Å². The zero-order valence-corrected chi connectivity index (χ0v) is 27.4. The first-order valence-electron chi connectivity index (χ1n) is 16.2. The fourth-order valence-corrected chi connectivity index (χ4v) is 7.45. The number of hydrogen-bond donors (Lipinski definition) is 2. The van der Waals surface area contributed by atoms with Crippen molar-refractivity contribution in [3.05, 3.63) is 92.1 Å². The van der Waals surface area contributed by atoms with Crippen LogP contribution in [0.25, 0.3) is 0 Å². The van der Waals surface area contributed by atoms with Gasteiger partial charge >= 0.3 is 0 Å². The average molecular weight is 663 g/mol.